The van der Waals surface area contributed by atoms with Gasteiger partial charge in [0.1, 0.15) is 12.5 Å². The van der Waals surface area contributed by atoms with Gasteiger partial charge in [0.25, 0.3) is 0 Å². The van der Waals surface area contributed by atoms with Crippen molar-refractivity contribution in [3.63, 3.8) is 0 Å². The summed E-state index contributed by atoms with van der Waals surface area (Å²) in [5, 5.41) is 0. The molecule has 6 heteroatoms. The summed E-state index contributed by atoms with van der Waals surface area (Å²) in [5.41, 5.74) is 0. The number of esters is 3. The van der Waals surface area contributed by atoms with Crippen LogP contribution in [0.2, 0.25) is 0 Å². The van der Waals surface area contributed by atoms with E-state index in [4.69, 9.17) is 14.2 Å². The highest BCUT2D eigenvalue weighted by atomic mass is 16.6. The molecule has 0 radical (unpaired) electrons. The summed E-state index contributed by atoms with van der Waals surface area (Å²) in [5.74, 6) is -2.23. The molecule has 20 heavy (non-hydrogen) atoms. The molecule has 0 aliphatic rings. The van der Waals surface area contributed by atoms with Crippen LogP contribution in [0.4, 0.5) is 0 Å². The molecule has 0 saturated carbocycles. The minimum atomic E-state index is -0.806. The lowest BCUT2D eigenvalue weighted by Crippen LogP contribution is -2.27. The minimum absolute atomic E-state index is 0.145. The summed E-state index contributed by atoms with van der Waals surface area (Å²) in [6.45, 7) is 5.62. The quantitative estimate of drug-likeness (QED) is 0.451. The van der Waals surface area contributed by atoms with Crippen LogP contribution in [0, 0.1) is 5.92 Å². The first kappa shape index (κ1) is 18.4. The highest BCUT2D eigenvalue weighted by molar-refractivity contribution is 5.80. The van der Waals surface area contributed by atoms with E-state index in [0.29, 0.717) is 6.42 Å². The largest absolute Gasteiger partial charge is 0.466 e. The lowest BCUT2D eigenvalue weighted by Gasteiger charge is -2.15. The maximum absolute atomic E-state index is 11.7. The van der Waals surface area contributed by atoms with Gasteiger partial charge >= 0.3 is 17.9 Å². The second-order valence-corrected chi connectivity index (χ2v) is 4.24. The summed E-state index contributed by atoms with van der Waals surface area (Å²) in [7, 11) is 0. The standard InChI is InChI=1S/C14H24O6/c1-4-7-8-12(15)20-10-11(14(17)19-6-3)9-13(16)18-5-2/h11H,4-10H2,1-3H3. The van der Waals surface area contributed by atoms with E-state index in [0.717, 1.165) is 12.8 Å². The van der Waals surface area contributed by atoms with Crippen LogP contribution in [0.5, 0.6) is 0 Å². The molecule has 0 aromatic heterocycles. The van der Waals surface area contributed by atoms with Gasteiger partial charge in [0.2, 0.25) is 0 Å². The van der Waals surface area contributed by atoms with E-state index in [1.54, 1.807) is 13.8 Å². The molecule has 0 fully saturated rings. The Morgan fingerprint density at radius 1 is 0.900 bits per heavy atom. The van der Waals surface area contributed by atoms with Gasteiger partial charge in [0.15, 0.2) is 0 Å². The number of hydrogen-bond donors (Lipinski definition) is 0. The van der Waals surface area contributed by atoms with E-state index >= 15 is 0 Å². The molecule has 0 bridgehead atoms. The lowest BCUT2D eigenvalue weighted by molar-refractivity contribution is -0.160. The Morgan fingerprint density at radius 3 is 2.10 bits per heavy atom. The molecule has 0 rings (SSSR count). The Balaban J connectivity index is 4.34. The average molecular weight is 288 g/mol. The molecule has 0 N–H and O–H groups in total. The van der Waals surface area contributed by atoms with Gasteiger partial charge in [-0.25, -0.2) is 0 Å². The normalized spacial score (nSPS) is 11.6. The average Bonchev–Trinajstić information content (AvgIpc) is 2.41. The number of carbonyl (C=O) groups is 3. The molecular weight excluding hydrogens is 264 g/mol. The third kappa shape index (κ3) is 8.50. The van der Waals surface area contributed by atoms with E-state index in [1.807, 2.05) is 6.92 Å². The summed E-state index contributed by atoms with van der Waals surface area (Å²) in [4.78, 5) is 34.5. The maximum atomic E-state index is 11.7. The number of unbranched alkanes of at least 4 members (excludes halogenated alkanes) is 1. The SMILES string of the molecule is CCCCC(=O)OCC(CC(=O)OCC)C(=O)OCC. The Kier molecular flexibility index (Phi) is 10.4. The van der Waals surface area contributed by atoms with Gasteiger partial charge in [-0.1, -0.05) is 13.3 Å². The van der Waals surface area contributed by atoms with Crippen molar-refractivity contribution in [1.82, 2.24) is 0 Å². The van der Waals surface area contributed by atoms with Gasteiger partial charge in [0.05, 0.1) is 19.6 Å². The minimum Gasteiger partial charge on any atom is -0.466 e. The topological polar surface area (TPSA) is 78.9 Å². The van der Waals surface area contributed by atoms with E-state index in [-0.39, 0.29) is 32.2 Å². The van der Waals surface area contributed by atoms with Crippen molar-refractivity contribution < 1.29 is 28.6 Å². The zero-order valence-electron chi connectivity index (χ0n) is 12.5. The van der Waals surface area contributed by atoms with Crippen LogP contribution >= 0.6 is 0 Å². The van der Waals surface area contributed by atoms with Gasteiger partial charge in [-0.05, 0) is 20.3 Å². The van der Waals surface area contributed by atoms with Crippen molar-refractivity contribution in [1.29, 1.82) is 0 Å². The molecule has 0 saturated heterocycles. The summed E-state index contributed by atoms with van der Waals surface area (Å²) >= 11 is 0. The van der Waals surface area contributed by atoms with Crippen LogP contribution in [-0.2, 0) is 28.6 Å². The van der Waals surface area contributed by atoms with Crippen LogP contribution in [0.3, 0.4) is 0 Å². The van der Waals surface area contributed by atoms with Crippen molar-refractivity contribution in [2.45, 2.75) is 46.5 Å². The van der Waals surface area contributed by atoms with Crippen LogP contribution in [0.15, 0.2) is 0 Å². The van der Waals surface area contributed by atoms with Crippen LogP contribution in [0.1, 0.15) is 46.5 Å². The highest BCUT2D eigenvalue weighted by Crippen LogP contribution is 2.10. The highest BCUT2D eigenvalue weighted by Gasteiger charge is 2.25. The molecule has 0 amide bonds. The van der Waals surface area contributed by atoms with Crippen LogP contribution in [0.25, 0.3) is 0 Å². The molecule has 116 valence electrons. The van der Waals surface area contributed by atoms with E-state index in [2.05, 4.69) is 0 Å². The van der Waals surface area contributed by atoms with Gasteiger partial charge in [-0.2, -0.15) is 0 Å². The summed E-state index contributed by atoms with van der Waals surface area (Å²) in [6.07, 6.45) is 1.79. The lowest BCUT2D eigenvalue weighted by atomic mass is 10.1. The molecule has 1 unspecified atom stereocenters. The maximum Gasteiger partial charge on any atom is 0.312 e. The first-order chi connectivity index (χ1) is 9.54. The Hall–Kier alpha value is -1.59. The predicted octanol–water partition coefficient (Wildman–Crippen LogP) is 1.85. The zero-order chi connectivity index (χ0) is 15.4. The smallest absolute Gasteiger partial charge is 0.312 e. The molecule has 0 heterocycles. The van der Waals surface area contributed by atoms with Gasteiger partial charge in [-0.3, -0.25) is 14.4 Å². The number of carbonyl (C=O) groups excluding carboxylic acids is 3. The fourth-order valence-electron chi connectivity index (χ4n) is 1.48. The molecule has 0 aliphatic carbocycles. The predicted molar refractivity (Wildman–Crippen MR) is 71.9 cm³/mol. The fraction of sp³-hybridized carbons (Fsp3) is 0.786. The Bertz CT molecular complexity index is 313. The van der Waals surface area contributed by atoms with Gasteiger partial charge < -0.3 is 14.2 Å². The van der Waals surface area contributed by atoms with Crippen molar-refractivity contribution in [2.24, 2.45) is 5.92 Å². The first-order valence-corrected chi connectivity index (χ1v) is 7.02. The molecule has 1 atom stereocenters. The fourth-order valence-corrected chi connectivity index (χ4v) is 1.48. The van der Waals surface area contributed by atoms with Crippen LogP contribution in [-0.4, -0.2) is 37.7 Å². The third-order valence-electron chi connectivity index (χ3n) is 2.52. The molecular formula is C14H24O6. The molecule has 0 aromatic carbocycles. The van der Waals surface area contributed by atoms with E-state index in [9.17, 15) is 14.4 Å². The Labute approximate surface area is 119 Å². The third-order valence-corrected chi connectivity index (χ3v) is 2.52. The molecule has 0 aliphatic heterocycles. The van der Waals surface area contributed by atoms with Crippen molar-refractivity contribution >= 4 is 17.9 Å². The van der Waals surface area contributed by atoms with Crippen molar-refractivity contribution in [3.05, 3.63) is 0 Å². The summed E-state index contributed by atoms with van der Waals surface area (Å²) in [6, 6.07) is 0. The number of hydrogen-bond acceptors (Lipinski definition) is 6. The molecule has 0 spiro atoms. The van der Waals surface area contributed by atoms with Crippen molar-refractivity contribution in [3.8, 4) is 0 Å². The molecule has 6 nitrogen and oxygen atoms in total. The second kappa shape index (κ2) is 11.3. The zero-order valence-corrected chi connectivity index (χ0v) is 12.5. The number of rotatable bonds is 10. The van der Waals surface area contributed by atoms with Gasteiger partial charge in [-0.15, -0.1) is 0 Å². The van der Waals surface area contributed by atoms with Crippen molar-refractivity contribution in [2.75, 3.05) is 19.8 Å². The van der Waals surface area contributed by atoms with Crippen LogP contribution < -0.4 is 0 Å². The van der Waals surface area contributed by atoms with E-state index in [1.165, 1.54) is 0 Å². The molecule has 0 aromatic rings. The van der Waals surface area contributed by atoms with Gasteiger partial charge in [0, 0.05) is 6.42 Å². The monoisotopic (exact) mass is 288 g/mol. The van der Waals surface area contributed by atoms with E-state index < -0.39 is 17.9 Å². The first-order valence-electron chi connectivity index (χ1n) is 7.02. The summed E-state index contributed by atoms with van der Waals surface area (Å²) < 4.78 is 14.6. The Morgan fingerprint density at radius 2 is 1.55 bits per heavy atom. The second-order valence-electron chi connectivity index (χ2n) is 4.24. The number of ether oxygens (including phenoxy) is 3.